The fourth-order valence-corrected chi connectivity index (χ4v) is 2.09. The SMILES string of the molecule is Cc1ncc(C(=O)NCC(F)(F)F)c(Nc2ccnc(C(C)(C)CF)c2)n1. The first-order valence-corrected chi connectivity index (χ1v) is 8.00. The van der Waals surface area contributed by atoms with Gasteiger partial charge in [0.2, 0.25) is 0 Å². The number of rotatable bonds is 6. The highest BCUT2D eigenvalue weighted by Crippen LogP contribution is 2.26. The van der Waals surface area contributed by atoms with E-state index in [2.05, 4.69) is 20.3 Å². The Labute approximate surface area is 153 Å². The van der Waals surface area contributed by atoms with Crippen molar-refractivity contribution in [2.45, 2.75) is 32.4 Å². The van der Waals surface area contributed by atoms with Crippen molar-refractivity contribution in [1.82, 2.24) is 20.3 Å². The number of nitrogens with one attached hydrogen (secondary N) is 2. The summed E-state index contributed by atoms with van der Waals surface area (Å²) in [6.45, 7) is 2.85. The summed E-state index contributed by atoms with van der Waals surface area (Å²) in [5.41, 5.74) is -0.0204. The zero-order valence-corrected chi connectivity index (χ0v) is 15.0. The van der Waals surface area contributed by atoms with Gasteiger partial charge < -0.3 is 10.6 Å². The number of carbonyl (C=O) groups excluding carboxylic acids is 1. The Morgan fingerprint density at radius 1 is 1.22 bits per heavy atom. The van der Waals surface area contributed by atoms with Gasteiger partial charge in [0.15, 0.2) is 0 Å². The highest BCUT2D eigenvalue weighted by molar-refractivity contribution is 5.99. The molecule has 0 aromatic carbocycles. The molecule has 2 rings (SSSR count). The molecule has 0 aliphatic heterocycles. The lowest BCUT2D eigenvalue weighted by Crippen LogP contribution is -2.34. The molecule has 2 aromatic rings. The van der Waals surface area contributed by atoms with Crippen LogP contribution in [0.2, 0.25) is 0 Å². The van der Waals surface area contributed by atoms with E-state index in [0.29, 0.717) is 17.2 Å². The molecule has 0 aliphatic carbocycles. The minimum Gasteiger partial charge on any atom is -0.343 e. The number of carbonyl (C=O) groups is 1. The van der Waals surface area contributed by atoms with Crippen LogP contribution in [0.15, 0.2) is 24.5 Å². The standard InChI is InChI=1S/C17H19F4N5O/c1-10-23-7-12(15(27)24-9-17(19,20)21)14(25-10)26-11-4-5-22-13(6-11)16(2,3)8-18/h4-7H,8-9H2,1-3H3,(H,24,27)(H,22,23,25,26). The molecule has 2 aromatic heterocycles. The number of amides is 1. The van der Waals surface area contributed by atoms with E-state index in [4.69, 9.17) is 0 Å². The second-order valence-electron chi connectivity index (χ2n) is 6.55. The minimum atomic E-state index is -4.53. The molecule has 2 heterocycles. The average Bonchev–Trinajstić information content (AvgIpc) is 2.59. The van der Waals surface area contributed by atoms with Crippen LogP contribution in [0.1, 0.15) is 35.7 Å². The van der Waals surface area contributed by atoms with E-state index in [0.717, 1.165) is 6.20 Å². The Morgan fingerprint density at radius 2 is 1.93 bits per heavy atom. The molecular weight excluding hydrogens is 366 g/mol. The summed E-state index contributed by atoms with van der Waals surface area (Å²) in [7, 11) is 0. The first kappa shape index (κ1) is 20.5. The van der Waals surface area contributed by atoms with E-state index in [9.17, 15) is 22.4 Å². The van der Waals surface area contributed by atoms with Crippen molar-refractivity contribution < 1.29 is 22.4 Å². The molecular formula is C17H19F4N5O. The maximum absolute atomic E-state index is 13.2. The molecule has 146 valence electrons. The molecule has 6 nitrogen and oxygen atoms in total. The summed E-state index contributed by atoms with van der Waals surface area (Å²) in [4.78, 5) is 24.2. The van der Waals surface area contributed by atoms with Gasteiger partial charge in [0.05, 0.1) is 5.69 Å². The molecule has 2 N–H and O–H groups in total. The zero-order chi connectivity index (χ0) is 20.2. The molecule has 0 saturated carbocycles. The van der Waals surface area contributed by atoms with Crippen LogP contribution in [0.5, 0.6) is 0 Å². The lowest BCUT2D eigenvalue weighted by atomic mass is 9.90. The molecule has 10 heteroatoms. The Balaban J connectivity index is 2.30. The minimum absolute atomic E-state index is 0.0392. The van der Waals surface area contributed by atoms with Crippen LogP contribution in [-0.2, 0) is 5.41 Å². The topological polar surface area (TPSA) is 79.8 Å². The van der Waals surface area contributed by atoms with Gasteiger partial charge in [0.25, 0.3) is 5.91 Å². The quantitative estimate of drug-likeness (QED) is 0.745. The Morgan fingerprint density at radius 3 is 2.56 bits per heavy atom. The van der Waals surface area contributed by atoms with Gasteiger partial charge in [-0.05, 0) is 19.1 Å². The van der Waals surface area contributed by atoms with Crippen molar-refractivity contribution in [1.29, 1.82) is 0 Å². The van der Waals surface area contributed by atoms with E-state index in [1.165, 1.54) is 6.20 Å². The van der Waals surface area contributed by atoms with Crippen LogP contribution in [0.4, 0.5) is 29.1 Å². The summed E-state index contributed by atoms with van der Waals surface area (Å²) >= 11 is 0. The predicted octanol–water partition coefficient (Wildman–Crippen LogP) is 3.46. The number of anilines is 2. The van der Waals surface area contributed by atoms with E-state index in [-0.39, 0.29) is 11.4 Å². The number of halogens is 4. The maximum atomic E-state index is 13.2. The summed E-state index contributed by atoms with van der Waals surface area (Å²) in [5, 5.41) is 4.66. The summed E-state index contributed by atoms with van der Waals surface area (Å²) in [6, 6.07) is 3.17. The van der Waals surface area contributed by atoms with Gasteiger partial charge in [-0.1, -0.05) is 13.8 Å². The molecule has 0 unspecified atom stereocenters. The average molecular weight is 385 g/mol. The molecule has 0 bridgehead atoms. The van der Waals surface area contributed by atoms with Crippen LogP contribution in [-0.4, -0.2) is 40.3 Å². The third kappa shape index (κ3) is 5.60. The molecule has 0 atom stereocenters. The fraction of sp³-hybridized carbons (Fsp3) is 0.412. The number of hydrogen-bond acceptors (Lipinski definition) is 5. The largest absolute Gasteiger partial charge is 0.405 e. The first-order valence-electron chi connectivity index (χ1n) is 8.00. The third-order valence-corrected chi connectivity index (χ3v) is 3.65. The lowest BCUT2D eigenvalue weighted by molar-refractivity contribution is -0.123. The van der Waals surface area contributed by atoms with Gasteiger partial charge in [-0.15, -0.1) is 0 Å². The van der Waals surface area contributed by atoms with Gasteiger partial charge in [-0.3, -0.25) is 14.2 Å². The van der Waals surface area contributed by atoms with Crippen molar-refractivity contribution in [3.05, 3.63) is 41.6 Å². The smallest absolute Gasteiger partial charge is 0.343 e. The van der Waals surface area contributed by atoms with Crippen molar-refractivity contribution in [2.75, 3.05) is 18.5 Å². The van der Waals surface area contributed by atoms with Crippen LogP contribution >= 0.6 is 0 Å². The summed E-state index contributed by atoms with van der Waals surface area (Å²) < 4.78 is 50.2. The van der Waals surface area contributed by atoms with Gasteiger partial charge in [0, 0.05) is 23.5 Å². The third-order valence-electron chi connectivity index (χ3n) is 3.65. The second-order valence-corrected chi connectivity index (χ2v) is 6.55. The Kier molecular flexibility index (Phi) is 5.97. The van der Waals surface area contributed by atoms with Gasteiger partial charge >= 0.3 is 6.18 Å². The number of aromatic nitrogens is 3. The Bertz CT molecular complexity index is 823. The van der Waals surface area contributed by atoms with E-state index in [1.807, 2.05) is 0 Å². The number of nitrogens with zero attached hydrogens (tertiary/aromatic N) is 3. The van der Waals surface area contributed by atoms with Crippen LogP contribution in [0.3, 0.4) is 0 Å². The van der Waals surface area contributed by atoms with Crippen LogP contribution in [0.25, 0.3) is 0 Å². The predicted molar refractivity (Wildman–Crippen MR) is 91.7 cm³/mol. The zero-order valence-electron chi connectivity index (χ0n) is 15.0. The molecule has 0 spiro atoms. The number of alkyl halides is 4. The Hall–Kier alpha value is -2.78. The van der Waals surface area contributed by atoms with Gasteiger partial charge in [-0.25, -0.2) is 9.97 Å². The van der Waals surface area contributed by atoms with E-state index in [1.54, 1.807) is 38.2 Å². The number of aryl methyl sites for hydroxylation is 1. The molecule has 0 radical (unpaired) electrons. The number of pyridine rings is 1. The van der Waals surface area contributed by atoms with Crippen molar-refractivity contribution >= 4 is 17.4 Å². The molecule has 0 aliphatic rings. The van der Waals surface area contributed by atoms with Crippen LogP contribution in [0, 0.1) is 6.92 Å². The fourth-order valence-electron chi connectivity index (χ4n) is 2.09. The normalized spacial score (nSPS) is 12.0. The molecule has 0 fully saturated rings. The van der Waals surface area contributed by atoms with Gasteiger partial charge in [-0.2, -0.15) is 13.2 Å². The van der Waals surface area contributed by atoms with Crippen molar-refractivity contribution in [3.8, 4) is 0 Å². The molecule has 1 amide bonds. The second kappa shape index (κ2) is 7.85. The number of hydrogen-bond donors (Lipinski definition) is 2. The highest BCUT2D eigenvalue weighted by Gasteiger charge is 2.29. The van der Waals surface area contributed by atoms with Crippen molar-refractivity contribution in [2.24, 2.45) is 0 Å². The van der Waals surface area contributed by atoms with E-state index >= 15 is 0 Å². The summed E-state index contributed by atoms with van der Waals surface area (Å²) in [5.74, 6) is -0.603. The monoisotopic (exact) mass is 385 g/mol. The van der Waals surface area contributed by atoms with E-state index < -0.39 is 30.7 Å². The molecule has 27 heavy (non-hydrogen) atoms. The lowest BCUT2D eigenvalue weighted by Gasteiger charge is -2.20. The highest BCUT2D eigenvalue weighted by atomic mass is 19.4. The van der Waals surface area contributed by atoms with Gasteiger partial charge in [0.1, 0.15) is 30.4 Å². The first-order chi connectivity index (χ1) is 12.5. The van der Waals surface area contributed by atoms with Crippen molar-refractivity contribution in [3.63, 3.8) is 0 Å². The summed E-state index contributed by atoms with van der Waals surface area (Å²) in [6.07, 6.45) is -1.93. The van der Waals surface area contributed by atoms with Crippen LogP contribution < -0.4 is 10.6 Å². The molecule has 0 saturated heterocycles. The maximum Gasteiger partial charge on any atom is 0.405 e.